The monoisotopic (exact) mass is 578 g/mol. The molecule has 1 aliphatic rings. The maximum atomic E-state index is 6.35. The fraction of sp³-hybridized carbons (Fsp3) is 0.0250. The number of nitrogens with one attached hydrogen (secondary N) is 1. The first-order valence-electron chi connectivity index (χ1n) is 15.0. The molecule has 0 aliphatic carbocycles. The van der Waals surface area contributed by atoms with Crippen molar-refractivity contribution in [1.82, 2.24) is 10.3 Å². The van der Waals surface area contributed by atoms with E-state index >= 15 is 0 Å². The van der Waals surface area contributed by atoms with Crippen LogP contribution in [0.3, 0.4) is 0 Å². The van der Waals surface area contributed by atoms with Gasteiger partial charge in [0.1, 0.15) is 23.2 Å². The SMILES string of the molecule is c1ccc(C2N=C(c3cccc4oc5cc6cccnc6cc5c34)N=C(c3ccc(-c4ccc5ccccc5c4)cc3)N2)cc1. The lowest BCUT2D eigenvalue weighted by Gasteiger charge is -2.24. The lowest BCUT2D eigenvalue weighted by molar-refractivity contribution is 0.668. The Morgan fingerprint density at radius 2 is 1.36 bits per heavy atom. The van der Waals surface area contributed by atoms with Crippen molar-refractivity contribution in [2.24, 2.45) is 9.98 Å². The summed E-state index contributed by atoms with van der Waals surface area (Å²) in [5, 5.41) is 9.10. The topological polar surface area (TPSA) is 62.8 Å². The summed E-state index contributed by atoms with van der Waals surface area (Å²) in [6, 6.07) is 48.2. The zero-order chi connectivity index (χ0) is 29.7. The van der Waals surface area contributed by atoms with E-state index in [0.717, 1.165) is 60.9 Å². The third kappa shape index (κ3) is 4.45. The molecule has 0 saturated heterocycles. The van der Waals surface area contributed by atoms with Crippen LogP contribution in [0.1, 0.15) is 22.9 Å². The number of fused-ring (bicyclic) bond motifs is 5. The molecule has 0 saturated carbocycles. The molecule has 8 aromatic rings. The molecule has 0 radical (unpaired) electrons. The third-order valence-electron chi connectivity index (χ3n) is 8.56. The number of hydrogen-bond donors (Lipinski definition) is 1. The van der Waals surface area contributed by atoms with Gasteiger partial charge in [0.15, 0.2) is 5.84 Å². The molecule has 0 bridgehead atoms. The van der Waals surface area contributed by atoms with Gasteiger partial charge in [0.25, 0.3) is 0 Å². The van der Waals surface area contributed by atoms with Gasteiger partial charge in [-0.15, -0.1) is 0 Å². The van der Waals surface area contributed by atoms with Gasteiger partial charge >= 0.3 is 0 Å². The van der Waals surface area contributed by atoms with Gasteiger partial charge in [-0.3, -0.25) is 4.98 Å². The normalized spacial score (nSPS) is 14.9. The van der Waals surface area contributed by atoms with Crippen LogP contribution in [-0.2, 0) is 0 Å². The smallest absolute Gasteiger partial charge is 0.160 e. The Kier molecular flexibility index (Phi) is 5.81. The second-order valence-electron chi connectivity index (χ2n) is 11.3. The van der Waals surface area contributed by atoms with Crippen LogP contribution in [0, 0.1) is 0 Å². The molecule has 1 aliphatic heterocycles. The number of aliphatic imine (C=N–C) groups is 2. The van der Waals surface area contributed by atoms with Crippen LogP contribution < -0.4 is 5.32 Å². The highest BCUT2D eigenvalue weighted by molar-refractivity contribution is 6.22. The van der Waals surface area contributed by atoms with Gasteiger partial charge in [0.2, 0.25) is 0 Å². The molecular weight excluding hydrogens is 552 g/mol. The minimum Gasteiger partial charge on any atom is -0.456 e. The molecule has 5 nitrogen and oxygen atoms in total. The van der Waals surface area contributed by atoms with E-state index in [4.69, 9.17) is 14.4 Å². The van der Waals surface area contributed by atoms with E-state index in [9.17, 15) is 0 Å². The van der Waals surface area contributed by atoms with Gasteiger partial charge < -0.3 is 9.73 Å². The fourth-order valence-corrected chi connectivity index (χ4v) is 6.29. The van der Waals surface area contributed by atoms with Gasteiger partial charge in [-0.2, -0.15) is 0 Å². The summed E-state index contributed by atoms with van der Waals surface area (Å²) in [5.41, 5.74) is 7.87. The van der Waals surface area contributed by atoms with Crippen molar-refractivity contribution in [2.45, 2.75) is 6.17 Å². The first kappa shape index (κ1) is 25.4. The first-order chi connectivity index (χ1) is 22.3. The van der Waals surface area contributed by atoms with E-state index in [-0.39, 0.29) is 6.17 Å². The molecule has 1 N–H and O–H groups in total. The third-order valence-corrected chi connectivity index (χ3v) is 8.56. The minimum absolute atomic E-state index is 0.301. The molecular formula is C40H26N4O. The molecule has 1 atom stereocenters. The summed E-state index contributed by atoms with van der Waals surface area (Å²) in [5.74, 6) is 1.43. The van der Waals surface area contributed by atoms with Crippen molar-refractivity contribution in [1.29, 1.82) is 0 Å². The Balaban J connectivity index is 1.17. The van der Waals surface area contributed by atoms with Crippen molar-refractivity contribution in [3.8, 4) is 11.1 Å². The van der Waals surface area contributed by atoms with E-state index < -0.39 is 0 Å². The van der Waals surface area contributed by atoms with Gasteiger partial charge in [-0.25, -0.2) is 9.98 Å². The maximum Gasteiger partial charge on any atom is 0.160 e. The van der Waals surface area contributed by atoms with Crippen LogP contribution in [0.15, 0.2) is 160 Å². The molecule has 0 spiro atoms. The van der Waals surface area contributed by atoms with E-state index in [0.29, 0.717) is 5.84 Å². The minimum atomic E-state index is -0.301. The highest BCUT2D eigenvalue weighted by Crippen LogP contribution is 2.35. The number of furan rings is 1. The fourth-order valence-electron chi connectivity index (χ4n) is 6.29. The van der Waals surface area contributed by atoms with Crippen LogP contribution in [0.5, 0.6) is 0 Å². The summed E-state index contributed by atoms with van der Waals surface area (Å²) in [7, 11) is 0. The van der Waals surface area contributed by atoms with Crippen molar-refractivity contribution >= 4 is 55.3 Å². The van der Waals surface area contributed by atoms with Gasteiger partial charge in [0, 0.05) is 33.5 Å². The average molecular weight is 579 g/mol. The molecule has 0 fully saturated rings. The molecule has 5 heteroatoms. The number of rotatable bonds is 4. The summed E-state index contributed by atoms with van der Waals surface area (Å²) in [4.78, 5) is 14.9. The lowest BCUT2D eigenvalue weighted by atomic mass is 10.00. The maximum absolute atomic E-state index is 6.35. The van der Waals surface area contributed by atoms with E-state index in [2.05, 4.69) is 113 Å². The van der Waals surface area contributed by atoms with Crippen molar-refractivity contribution < 1.29 is 4.42 Å². The van der Waals surface area contributed by atoms with E-state index in [1.54, 1.807) is 0 Å². The summed E-state index contributed by atoms with van der Waals surface area (Å²) < 4.78 is 6.35. The van der Waals surface area contributed by atoms with E-state index in [1.165, 1.54) is 16.3 Å². The lowest BCUT2D eigenvalue weighted by Crippen LogP contribution is -2.33. The summed E-state index contributed by atoms with van der Waals surface area (Å²) >= 11 is 0. The predicted molar refractivity (Wildman–Crippen MR) is 184 cm³/mol. The zero-order valence-corrected chi connectivity index (χ0v) is 24.2. The number of amidine groups is 2. The molecule has 45 heavy (non-hydrogen) atoms. The van der Waals surface area contributed by atoms with Gasteiger partial charge in [-0.05, 0) is 57.8 Å². The van der Waals surface area contributed by atoms with E-state index in [1.807, 2.05) is 42.6 Å². The molecule has 9 rings (SSSR count). The Labute approximate surface area is 259 Å². The van der Waals surface area contributed by atoms with Crippen LogP contribution in [-0.4, -0.2) is 16.7 Å². The van der Waals surface area contributed by atoms with Crippen LogP contribution >= 0.6 is 0 Å². The Morgan fingerprint density at radius 3 is 2.24 bits per heavy atom. The van der Waals surface area contributed by atoms with Crippen LogP contribution in [0.4, 0.5) is 0 Å². The van der Waals surface area contributed by atoms with Gasteiger partial charge in [-0.1, -0.05) is 109 Å². The second-order valence-corrected chi connectivity index (χ2v) is 11.3. The summed E-state index contributed by atoms with van der Waals surface area (Å²) in [6.07, 6.45) is 1.52. The van der Waals surface area contributed by atoms with Crippen molar-refractivity contribution in [3.63, 3.8) is 0 Å². The highest BCUT2D eigenvalue weighted by Gasteiger charge is 2.23. The summed E-state index contributed by atoms with van der Waals surface area (Å²) in [6.45, 7) is 0. The Bertz CT molecular complexity index is 2460. The van der Waals surface area contributed by atoms with Gasteiger partial charge in [0.05, 0.1) is 5.52 Å². The Hall–Kier alpha value is -6.07. The van der Waals surface area contributed by atoms with Crippen molar-refractivity contribution in [3.05, 3.63) is 162 Å². The Morgan fingerprint density at radius 1 is 0.578 bits per heavy atom. The molecule has 2 aromatic heterocycles. The highest BCUT2D eigenvalue weighted by atomic mass is 16.3. The number of nitrogens with zero attached hydrogens (tertiary/aromatic N) is 3. The quantitative estimate of drug-likeness (QED) is 0.226. The second kappa shape index (κ2) is 10.3. The average Bonchev–Trinajstić information content (AvgIpc) is 3.48. The molecule has 0 amide bonds. The number of aromatic nitrogens is 1. The largest absolute Gasteiger partial charge is 0.456 e. The standard InChI is InChI=1S/C40H26N4O/c1-2-9-27(10-3-1)38-42-39(28-18-15-26(16-19-28)30-20-17-25-8-4-5-11-29(25)22-30)44-40(43-38)32-13-6-14-35-37(32)33-24-34-31(12-7-21-41-34)23-36(33)45-35/h1-24,38H,(H,42,43,44). The molecule has 212 valence electrons. The number of hydrogen-bond acceptors (Lipinski definition) is 5. The van der Waals surface area contributed by atoms with Crippen LogP contribution in [0.2, 0.25) is 0 Å². The van der Waals surface area contributed by atoms with Crippen LogP contribution in [0.25, 0.3) is 54.7 Å². The van der Waals surface area contributed by atoms with Crippen molar-refractivity contribution in [2.75, 3.05) is 0 Å². The molecule has 6 aromatic carbocycles. The first-order valence-corrected chi connectivity index (χ1v) is 15.0. The number of benzene rings is 6. The predicted octanol–water partition coefficient (Wildman–Crippen LogP) is 9.45. The molecule has 1 unspecified atom stereocenters. The number of pyridine rings is 1. The zero-order valence-electron chi connectivity index (χ0n) is 24.2. The molecule has 3 heterocycles.